The van der Waals surface area contributed by atoms with Crippen molar-refractivity contribution in [1.82, 2.24) is 0 Å². The van der Waals surface area contributed by atoms with Crippen LogP contribution in [0.25, 0.3) is 0 Å². The summed E-state index contributed by atoms with van der Waals surface area (Å²) in [6.07, 6.45) is 0.694. The average Bonchev–Trinajstić information content (AvgIpc) is 2.50. The van der Waals surface area contributed by atoms with Gasteiger partial charge in [-0.3, -0.25) is 4.79 Å². The maximum Gasteiger partial charge on any atom is 3.00 e. The standard InChI is InChI=1S/C7H6O2.3CHF3O3S.Sc/c8-5-6-2-1-3-7(9)4-6;3*2-1(3,4)8(5,6)7;/h1-5,9H;3*(H,5,6,7);/q;;;;+3/p-3. The molecule has 196 valence electrons. The Balaban J connectivity index is -0.000000175. The van der Waals surface area contributed by atoms with Crippen LogP contribution in [0.3, 0.4) is 0 Å². The van der Waals surface area contributed by atoms with E-state index < -0.39 is 46.9 Å². The van der Waals surface area contributed by atoms with Gasteiger partial charge >= 0.3 is 42.4 Å². The van der Waals surface area contributed by atoms with E-state index in [1.54, 1.807) is 12.1 Å². The molecule has 24 heteroatoms. The summed E-state index contributed by atoms with van der Waals surface area (Å²) in [7, 11) is -18.3. The number of phenols is 1. The summed E-state index contributed by atoms with van der Waals surface area (Å²) in [6, 6.07) is 6.19. The van der Waals surface area contributed by atoms with Gasteiger partial charge in [0.15, 0.2) is 30.4 Å². The van der Waals surface area contributed by atoms with Crippen LogP contribution in [0.2, 0.25) is 0 Å². The van der Waals surface area contributed by atoms with Crippen LogP contribution in [-0.4, -0.2) is 66.8 Å². The second-order valence-corrected chi connectivity index (χ2v) is 8.53. The maximum atomic E-state index is 10.7. The predicted octanol–water partition coefficient (Wildman–Crippen LogP) is 1.36. The van der Waals surface area contributed by atoms with Crippen molar-refractivity contribution in [2.45, 2.75) is 16.5 Å². The summed E-state index contributed by atoms with van der Waals surface area (Å²) in [6.45, 7) is 0. The predicted molar refractivity (Wildman–Crippen MR) is 80.8 cm³/mol. The second-order valence-electron chi connectivity index (χ2n) is 4.41. The molecule has 1 aromatic carbocycles. The van der Waals surface area contributed by atoms with Gasteiger partial charge in [0.1, 0.15) is 12.0 Å². The van der Waals surface area contributed by atoms with Gasteiger partial charge in [-0.2, -0.15) is 39.5 Å². The van der Waals surface area contributed by atoms with Gasteiger partial charge in [0, 0.05) is 5.56 Å². The van der Waals surface area contributed by atoms with Gasteiger partial charge < -0.3 is 18.8 Å². The Morgan fingerprint density at radius 3 is 1.03 bits per heavy atom. The number of alkyl halides is 9. The third-order valence-corrected chi connectivity index (χ3v) is 3.56. The van der Waals surface area contributed by atoms with Crippen molar-refractivity contribution in [2.24, 2.45) is 0 Å². The normalized spacial score (nSPS) is 12.2. The molecule has 1 N–H and O–H groups in total. The molecule has 0 aromatic heterocycles. The van der Waals surface area contributed by atoms with Crippen LogP contribution in [0.15, 0.2) is 24.3 Å². The molecule has 0 saturated carbocycles. The number of rotatable bonds is 1. The van der Waals surface area contributed by atoms with Crippen molar-refractivity contribution in [2.75, 3.05) is 0 Å². The van der Waals surface area contributed by atoms with Crippen molar-refractivity contribution in [1.29, 1.82) is 0 Å². The smallest absolute Gasteiger partial charge is 0.741 e. The number of aldehydes is 1. The van der Waals surface area contributed by atoms with E-state index in [9.17, 15) is 44.3 Å². The first-order valence-corrected chi connectivity index (χ1v) is 10.6. The number of aromatic hydroxyl groups is 1. The molecule has 0 heterocycles. The van der Waals surface area contributed by atoms with E-state index in [0.29, 0.717) is 11.8 Å². The van der Waals surface area contributed by atoms with E-state index in [1.807, 2.05) is 0 Å². The molecule has 0 atom stereocenters. The van der Waals surface area contributed by atoms with Gasteiger partial charge in [0.05, 0.1) is 0 Å². The van der Waals surface area contributed by atoms with Crippen molar-refractivity contribution >= 4 is 36.6 Å². The minimum atomic E-state index is -6.09. The first-order valence-electron chi connectivity index (χ1n) is 6.38. The minimum Gasteiger partial charge on any atom is -0.741 e. The summed E-state index contributed by atoms with van der Waals surface area (Å²) in [4.78, 5) is 10.0. The SMILES string of the molecule is O=Cc1cccc(O)c1.O=S(=O)([O-])C(F)(F)F.O=S(=O)([O-])C(F)(F)F.O=S(=O)([O-])C(F)(F)F.[Sc+3]. The van der Waals surface area contributed by atoms with Crippen molar-refractivity contribution in [3.63, 3.8) is 0 Å². The molecule has 0 bridgehead atoms. The molecular formula is C10H6F9O11S3Sc. The molecule has 34 heavy (non-hydrogen) atoms. The van der Waals surface area contributed by atoms with E-state index >= 15 is 0 Å². The molecule has 0 aliphatic heterocycles. The van der Waals surface area contributed by atoms with E-state index in [1.165, 1.54) is 12.1 Å². The molecule has 0 amide bonds. The first kappa shape index (κ1) is 39.9. The number of carbonyl (C=O) groups excluding carboxylic acids is 1. The fourth-order valence-electron chi connectivity index (χ4n) is 0.598. The van der Waals surface area contributed by atoms with Gasteiger partial charge in [-0.05, 0) is 12.1 Å². The second kappa shape index (κ2) is 14.3. The molecular weight excluding hydrogens is 608 g/mol. The van der Waals surface area contributed by atoms with Crippen molar-refractivity contribution in [3.05, 3.63) is 29.8 Å². The van der Waals surface area contributed by atoms with E-state index in [-0.39, 0.29) is 31.6 Å². The average molecular weight is 614 g/mol. The van der Waals surface area contributed by atoms with Crippen molar-refractivity contribution < 1.29 is 114 Å². The van der Waals surface area contributed by atoms with Crippen LogP contribution in [-0.2, 0) is 56.2 Å². The fraction of sp³-hybridized carbons (Fsp3) is 0.300. The molecule has 0 spiro atoms. The summed E-state index contributed by atoms with van der Waals surface area (Å²) in [5.74, 6) is 0.125. The molecule has 1 aromatic rings. The fourth-order valence-corrected chi connectivity index (χ4v) is 0.598. The zero-order valence-electron chi connectivity index (χ0n) is 15.1. The zero-order chi connectivity index (χ0) is 27.7. The zero-order valence-corrected chi connectivity index (χ0v) is 19.4. The number of hydrogen-bond acceptors (Lipinski definition) is 11. The van der Waals surface area contributed by atoms with Gasteiger partial charge in [-0.15, -0.1) is 0 Å². The quantitative estimate of drug-likeness (QED) is 0.207. The number of hydrogen-bond donors (Lipinski definition) is 1. The third-order valence-electron chi connectivity index (χ3n) is 1.86. The number of carbonyl (C=O) groups is 1. The van der Waals surface area contributed by atoms with Gasteiger partial charge in [0.2, 0.25) is 0 Å². The number of phenolic OH excluding ortho intramolecular Hbond substituents is 1. The Bertz CT molecular complexity index is 977. The Morgan fingerprint density at radius 2 is 0.912 bits per heavy atom. The number of benzene rings is 1. The van der Waals surface area contributed by atoms with Crippen LogP contribution < -0.4 is 0 Å². The molecule has 11 nitrogen and oxygen atoms in total. The molecule has 0 fully saturated rings. The van der Waals surface area contributed by atoms with Crippen LogP contribution in [0.5, 0.6) is 5.75 Å². The number of halogens is 9. The van der Waals surface area contributed by atoms with E-state index in [2.05, 4.69) is 0 Å². The largest absolute Gasteiger partial charge is 3.00 e. The van der Waals surface area contributed by atoms with Crippen molar-refractivity contribution in [3.8, 4) is 5.75 Å². The molecule has 0 unspecified atom stereocenters. The van der Waals surface area contributed by atoms with Crippen LogP contribution in [0, 0.1) is 0 Å². The van der Waals surface area contributed by atoms with Crippen LogP contribution in [0.4, 0.5) is 39.5 Å². The molecule has 0 radical (unpaired) electrons. The Morgan fingerprint density at radius 1 is 0.676 bits per heavy atom. The molecule has 0 saturated heterocycles. The maximum absolute atomic E-state index is 10.7. The topological polar surface area (TPSA) is 209 Å². The van der Waals surface area contributed by atoms with Gasteiger partial charge in [0.25, 0.3) is 0 Å². The summed E-state index contributed by atoms with van der Waals surface area (Å²) in [5, 5.41) is 8.79. The summed E-state index contributed by atoms with van der Waals surface area (Å²) >= 11 is 0. The monoisotopic (exact) mass is 614 g/mol. The van der Waals surface area contributed by atoms with Gasteiger partial charge in [-0.1, -0.05) is 12.1 Å². The summed E-state index contributed by atoms with van der Waals surface area (Å²) < 4.78 is 177. The van der Waals surface area contributed by atoms with Crippen LogP contribution in [0.1, 0.15) is 10.4 Å². The molecule has 1 rings (SSSR count). The Labute approximate surface area is 202 Å². The molecule has 0 aliphatic rings. The van der Waals surface area contributed by atoms with Crippen LogP contribution >= 0.6 is 0 Å². The molecule has 0 aliphatic carbocycles. The Hall–Kier alpha value is -1.34. The summed E-state index contributed by atoms with van der Waals surface area (Å²) in [5.41, 5.74) is -16.4. The third kappa shape index (κ3) is 19.0. The van der Waals surface area contributed by atoms with Gasteiger partial charge in [-0.25, -0.2) is 25.3 Å². The Kier molecular flexibility index (Phi) is 16.7. The minimum absolute atomic E-state index is 0. The first-order chi connectivity index (χ1) is 14.1. The van der Waals surface area contributed by atoms with E-state index in [4.69, 9.17) is 44.0 Å². The van der Waals surface area contributed by atoms with E-state index in [0.717, 1.165) is 0 Å².